The van der Waals surface area contributed by atoms with Gasteiger partial charge in [-0.15, -0.1) is 0 Å². The molecule has 0 heteroatoms. The van der Waals surface area contributed by atoms with Crippen molar-refractivity contribution in [3.63, 3.8) is 0 Å². The van der Waals surface area contributed by atoms with Crippen molar-refractivity contribution in [2.45, 2.75) is 104 Å². The highest BCUT2D eigenvalue weighted by Crippen LogP contribution is 2.12. The molecular formula is C18H35. The number of hydrogen-bond acceptors (Lipinski definition) is 0. The van der Waals surface area contributed by atoms with E-state index in [9.17, 15) is 0 Å². The number of allylic oxidation sites excluding steroid dienone is 2. The lowest BCUT2D eigenvalue weighted by Crippen LogP contribution is -1.82. The fourth-order valence-corrected chi connectivity index (χ4v) is 2.41. The van der Waals surface area contributed by atoms with Crippen molar-refractivity contribution in [3.8, 4) is 0 Å². The molecule has 18 heavy (non-hydrogen) atoms. The second-order valence-corrected chi connectivity index (χ2v) is 5.52. The molecule has 0 nitrogen and oxygen atoms in total. The van der Waals surface area contributed by atoms with Gasteiger partial charge in [0.2, 0.25) is 0 Å². The van der Waals surface area contributed by atoms with E-state index in [0.717, 1.165) is 0 Å². The van der Waals surface area contributed by atoms with Gasteiger partial charge in [-0.1, -0.05) is 96.1 Å². The van der Waals surface area contributed by atoms with Crippen molar-refractivity contribution in [1.82, 2.24) is 0 Å². The van der Waals surface area contributed by atoms with Crippen molar-refractivity contribution >= 4 is 0 Å². The Morgan fingerprint density at radius 1 is 0.611 bits per heavy atom. The van der Waals surface area contributed by atoms with E-state index in [0.29, 0.717) is 0 Å². The lowest BCUT2D eigenvalue weighted by molar-refractivity contribution is 0.540. The highest BCUT2D eigenvalue weighted by atomic mass is 14.0. The van der Waals surface area contributed by atoms with E-state index >= 15 is 0 Å². The maximum atomic E-state index is 3.09. The summed E-state index contributed by atoms with van der Waals surface area (Å²) in [5.74, 6) is 0. The normalized spacial score (nSPS) is 11.4. The molecule has 0 fully saturated rings. The van der Waals surface area contributed by atoms with Crippen molar-refractivity contribution < 1.29 is 0 Å². The number of unbranched alkanes of at least 4 members (excludes halogenated alkanes) is 13. The third kappa shape index (κ3) is 15.7. The summed E-state index contributed by atoms with van der Waals surface area (Å²) in [6.07, 6.45) is 25.2. The van der Waals surface area contributed by atoms with Crippen LogP contribution in [0.1, 0.15) is 104 Å². The second-order valence-electron chi connectivity index (χ2n) is 5.52. The van der Waals surface area contributed by atoms with Crippen molar-refractivity contribution in [2.75, 3.05) is 0 Å². The highest BCUT2D eigenvalue weighted by molar-refractivity contribution is 4.69. The molecule has 0 spiro atoms. The van der Waals surface area contributed by atoms with Gasteiger partial charge in [0, 0.05) is 0 Å². The summed E-state index contributed by atoms with van der Waals surface area (Å²) in [7, 11) is 0. The standard InChI is InChI=1S/C18H35/c1-3-5-7-9-11-13-15-17-18-16-14-12-10-8-6-4-2/h6H,3,5,7-18H2,1-2H3. The molecule has 0 aliphatic rings. The van der Waals surface area contributed by atoms with Crippen LogP contribution in [0.15, 0.2) is 6.08 Å². The van der Waals surface area contributed by atoms with Crippen LogP contribution in [0.5, 0.6) is 0 Å². The van der Waals surface area contributed by atoms with E-state index in [2.05, 4.69) is 19.1 Å². The zero-order valence-corrected chi connectivity index (χ0v) is 13.0. The molecule has 0 saturated carbocycles. The van der Waals surface area contributed by atoms with Crippen LogP contribution >= 0.6 is 0 Å². The van der Waals surface area contributed by atoms with Gasteiger partial charge in [-0.2, -0.15) is 0 Å². The molecule has 0 saturated heterocycles. The quantitative estimate of drug-likeness (QED) is 0.296. The summed E-state index contributed by atoms with van der Waals surface area (Å²) in [5, 5.41) is 0. The Kier molecular flexibility index (Phi) is 16.5. The molecule has 0 heterocycles. The Hall–Kier alpha value is -0.260. The van der Waals surface area contributed by atoms with Crippen LogP contribution in [-0.2, 0) is 0 Å². The van der Waals surface area contributed by atoms with Gasteiger partial charge in [0.1, 0.15) is 0 Å². The van der Waals surface area contributed by atoms with Crippen molar-refractivity contribution in [2.24, 2.45) is 0 Å². The molecule has 0 aliphatic heterocycles. The molecule has 0 bridgehead atoms. The highest BCUT2D eigenvalue weighted by Gasteiger charge is 1.93. The third-order valence-electron chi connectivity index (χ3n) is 3.66. The molecular weight excluding hydrogens is 216 g/mol. The average molecular weight is 251 g/mol. The summed E-state index contributed by atoms with van der Waals surface area (Å²) in [6.45, 7) is 4.28. The van der Waals surface area contributed by atoms with E-state index in [-0.39, 0.29) is 0 Å². The molecule has 0 amide bonds. The fourth-order valence-electron chi connectivity index (χ4n) is 2.41. The van der Waals surface area contributed by atoms with Crippen LogP contribution in [0.3, 0.4) is 0 Å². The van der Waals surface area contributed by atoms with Crippen molar-refractivity contribution in [3.05, 3.63) is 12.2 Å². The van der Waals surface area contributed by atoms with E-state index in [1.165, 1.54) is 89.9 Å². The van der Waals surface area contributed by atoms with Crippen LogP contribution in [0, 0.1) is 6.08 Å². The zero-order chi connectivity index (χ0) is 13.3. The molecule has 0 aromatic heterocycles. The van der Waals surface area contributed by atoms with Gasteiger partial charge in [0.05, 0.1) is 0 Å². The van der Waals surface area contributed by atoms with E-state index in [1.807, 2.05) is 6.92 Å². The molecule has 0 unspecified atom stereocenters. The van der Waals surface area contributed by atoms with Crippen LogP contribution < -0.4 is 0 Å². The Bertz CT molecular complexity index is 157. The van der Waals surface area contributed by atoms with E-state index in [4.69, 9.17) is 0 Å². The second kappa shape index (κ2) is 16.7. The molecule has 0 rings (SSSR count). The van der Waals surface area contributed by atoms with Crippen LogP contribution in [0.2, 0.25) is 0 Å². The predicted octanol–water partition coefficient (Wildman–Crippen LogP) is 6.85. The Balaban J connectivity index is 2.90. The molecule has 0 N–H and O–H groups in total. The first kappa shape index (κ1) is 17.7. The minimum atomic E-state index is 1.23. The maximum absolute atomic E-state index is 3.09. The third-order valence-corrected chi connectivity index (χ3v) is 3.66. The van der Waals surface area contributed by atoms with Gasteiger partial charge in [-0.05, 0) is 19.8 Å². The van der Waals surface area contributed by atoms with Gasteiger partial charge in [-0.3, -0.25) is 0 Å². The smallest absolute Gasteiger partial charge is 0.0345 e. The largest absolute Gasteiger partial charge is 0.0813 e. The summed E-state index contributed by atoms with van der Waals surface area (Å²) in [4.78, 5) is 0. The monoisotopic (exact) mass is 251 g/mol. The Morgan fingerprint density at radius 3 is 1.39 bits per heavy atom. The summed E-state index contributed by atoms with van der Waals surface area (Å²) in [5.41, 5.74) is 0. The maximum Gasteiger partial charge on any atom is -0.0345 e. The topological polar surface area (TPSA) is 0 Å². The van der Waals surface area contributed by atoms with Crippen LogP contribution in [0.4, 0.5) is 0 Å². The number of rotatable bonds is 14. The summed E-state index contributed by atoms with van der Waals surface area (Å²) >= 11 is 0. The molecule has 0 aliphatic carbocycles. The Morgan fingerprint density at radius 2 is 1.00 bits per heavy atom. The SMILES string of the molecule is C/[C]=C\CCCCCCCCCCCCCCC. The van der Waals surface area contributed by atoms with Gasteiger partial charge in [0.25, 0.3) is 0 Å². The van der Waals surface area contributed by atoms with Crippen molar-refractivity contribution in [1.29, 1.82) is 0 Å². The van der Waals surface area contributed by atoms with Crippen LogP contribution in [0.25, 0.3) is 0 Å². The molecule has 0 atom stereocenters. The molecule has 0 aromatic rings. The predicted molar refractivity (Wildman–Crippen MR) is 83.8 cm³/mol. The minimum absolute atomic E-state index is 1.23. The molecule has 1 radical (unpaired) electrons. The molecule has 0 aromatic carbocycles. The van der Waals surface area contributed by atoms with Gasteiger partial charge in [-0.25, -0.2) is 0 Å². The lowest BCUT2D eigenvalue weighted by atomic mass is 10.0. The van der Waals surface area contributed by atoms with Crippen LogP contribution in [-0.4, -0.2) is 0 Å². The average Bonchev–Trinajstić information content (AvgIpc) is 2.39. The minimum Gasteiger partial charge on any atom is -0.0813 e. The lowest BCUT2D eigenvalue weighted by Gasteiger charge is -2.02. The van der Waals surface area contributed by atoms with Gasteiger partial charge < -0.3 is 0 Å². The van der Waals surface area contributed by atoms with Gasteiger partial charge in [0.15, 0.2) is 0 Å². The van der Waals surface area contributed by atoms with E-state index in [1.54, 1.807) is 0 Å². The first-order valence-electron chi connectivity index (χ1n) is 8.40. The zero-order valence-electron chi connectivity index (χ0n) is 13.0. The summed E-state index contributed by atoms with van der Waals surface area (Å²) in [6, 6.07) is 0. The first-order chi connectivity index (χ1) is 8.91. The fraction of sp³-hybridized carbons (Fsp3) is 0.889. The number of hydrogen-bond donors (Lipinski definition) is 0. The summed E-state index contributed by atoms with van der Waals surface area (Å²) < 4.78 is 0. The van der Waals surface area contributed by atoms with Gasteiger partial charge >= 0.3 is 0 Å². The first-order valence-corrected chi connectivity index (χ1v) is 8.40. The Labute approximate surface area is 116 Å². The molecule has 107 valence electrons. The van der Waals surface area contributed by atoms with E-state index < -0.39 is 0 Å².